The molecule has 0 amide bonds. The third kappa shape index (κ3) is 3.22. The van der Waals surface area contributed by atoms with Crippen molar-refractivity contribution in [2.24, 2.45) is 11.7 Å². The van der Waals surface area contributed by atoms with Crippen molar-refractivity contribution in [3.05, 3.63) is 29.6 Å². The first-order valence-electron chi connectivity index (χ1n) is 6.63. The van der Waals surface area contributed by atoms with Crippen LogP contribution in [-0.4, -0.2) is 31.9 Å². The second-order valence-electron chi connectivity index (χ2n) is 5.32. The first-order valence-corrected chi connectivity index (χ1v) is 8.07. The standard InChI is InChI=1S/C13H17F3N2O2S/c1-8(17)9-3-2-4-18(7-9)21(19,20)13-11(15)5-10(14)6-12(13)16/h5-6,8-9H,2-4,7,17H2,1H3/t8-,9+/m1/s1. The first kappa shape index (κ1) is 16.3. The minimum Gasteiger partial charge on any atom is -0.328 e. The topological polar surface area (TPSA) is 63.4 Å². The lowest BCUT2D eigenvalue weighted by atomic mass is 9.93. The van der Waals surface area contributed by atoms with Crippen LogP contribution < -0.4 is 5.73 Å². The predicted octanol–water partition coefficient (Wildman–Crippen LogP) is 1.85. The second-order valence-corrected chi connectivity index (χ2v) is 7.20. The minimum absolute atomic E-state index is 0.0694. The van der Waals surface area contributed by atoms with Crippen molar-refractivity contribution in [3.63, 3.8) is 0 Å². The van der Waals surface area contributed by atoms with Crippen LogP contribution in [0.25, 0.3) is 0 Å². The molecule has 1 aliphatic rings. The Morgan fingerprint density at radius 3 is 2.38 bits per heavy atom. The van der Waals surface area contributed by atoms with E-state index in [1.807, 2.05) is 0 Å². The molecule has 0 aromatic heterocycles. The van der Waals surface area contributed by atoms with Gasteiger partial charge in [0, 0.05) is 31.3 Å². The molecular weight excluding hydrogens is 305 g/mol. The minimum atomic E-state index is -4.35. The highest BCUT2D eigenvalue weighted by atomic mass is 32.2. The summed E-state index contributed by atoms with van der Waals surface area (Å²) in [5.41, 5.74) is 5.77. The predicted molar refractivity (Wildman–Crippen MR) is 71.4 cm³/mol. The fraction of sp³-hybridized carbons (Fsp3) is 0.538. The van der Waals surface area contributed by atoms with Gasteiger partial charge in [0.25, 0.3) is 0 Å². The molecule has 4 nitrogen and oxygen atoms in total. The largest absolute Gasteiger partial charge is 0.328 e. The molecule has 2 atom stereocenters. The van der Waals surface area contributed by atoms with Gasteiger partial charge in [-0.2, -0.15) is 4.31 Å². The first-order chi connectivity index (χ1) is 9.73. The molecule has 1 saturated heterocycles. The Bertz CT molecular complexity index is 611. The number of hydrogen-bond donors (Lipinski definition) is 1. The Morgan fingerprint density at radius 1 is 1.29 bits per heavy atom. The Kier molecular flexibility index (Phi) is 4.60. The summed E-state index contributed by atoms with van der Waals surface area (Å²) >= 11 is 0. The van der Waals surface area contributed by atoms with E-state index in [1.54, 1.807) is 6.92 Å². The van der Waals surface area contributed by atoms with E-state index < -0.39 is 32.4 Å². The Balaban J connectivity index is 2.39. The SMILES string of the molecule is C[C@@H](N)[C@H]1CCCN(S(=O)(=O)c2c(F)cc(F)cc2F)C1. The highest BCUT2D eigenvalue weighted by Crippen LogP contribution is 2.28. The summed E-state index contributed by atoms with van der Waals surface area (Å²) in [7, 11) is -4.35. The molecule has 1 heterocycles. The van der Waals surface area contributed by atoms with Crippen molar-refractivity contribution in [3.8, 4) is 0 Å². The van der Waals surface area contributed by atoms with Gasteiger partial charge in [-0.3, -0.25) is 0 Å². The van der Waals surface area contributed by atoms with Gasteiger partial charge in [-0.05, 0) is 25.7 Å². The van der Waals surface area contributed by atoms with E-state index in [1.165, 1.54) is 0 Å². The van der Waals surface area contributed by atoms with Crippen molar-refractivity contribution in [2.45, 2.75) is 30.7 Å². The molecule has 0 saturated carbocycles. The van der Waals surface area contributed by atoms with Gasteiger partial charge in [0.2, 0.25) is 10.0 Å². The van der Waals surface area contributed by atoms with E-state index in [4.69, 9.17) is 5.73 Å². The normalized spacial score (nSPS) is 22.2. The molecule has 0 unspecified atom stereocenters. The zero-order chi connectivity index (χ0) is 15.8. The average molecular weight is 322 g/mol. The number of nitrogens with two attached hydrogens (primary N) is 1. The summed E-state index contributed by atoms with van der Waals surface area (Å²) < 4.78 is 66.1. The zero-order valence-electron chi connectivity index (χ0n) is 11.5. The summed E-state index contributed by atoms with van der Waals surface area (Å²) in [6.07, 6.45) is 1.33. The van der Waals surface area contributed by atoms with Crippen LogP contribution in [0.15, 0.2) is 17.0 Å². The monoisotopic (exact) mass is 322 g/mol. The van der Waals surface area contributed by atoms with E-state index >= 15 is 0 Å². The molecule has 21 heavy (non-hydrogen) atoms. The van der Waals surface area contributed by atoms with Crippen LogP contribution >= 0.6 is 0 Å². The van der Waals surface area contributed by atoms with Gasteiger partial charge in [-0.15, -0.1) is 0 Å². The molecule has 1 aromatic carbocycles. The van der Waals surface area contributed by atoms with Gasteiger partial charge in [0.1, 0.15) is 17.5 Å². The maximum Gasteiger partial charge on any atom is 0.248 e. The van der Waals surface area contributed by atoms with Crippen molar-refractivity contribution in [1.29, 1.82) is 0 Å². The maximum absolute atomic E-state index is 13.7. The number of halogens is 3. The molecule has 1 fully saturated rings. The number of benzene rings is 1. The van der Waals surface area contributed by atoms with Crippen LogP contribution in [0.1, 0.15) is 19.8 Å². The molecule has 1 aromatic rings. The number of hydrogen-bond acceptors (Lipinski definition) is 3. The molecule has 2 N–H and O–H groups in total. The van der Waals surface area contributed by atoms with E-state index in [0.29, 0.717) is 18.6 Å². The van der Waals surface area contributed by atoms with Gasteiger partial charge in [0.15, 0.2) is 4.90 Å². The zero-order valence-corrected chi connectivity index (χ0v) is 12.3. The Hall–Kier alpha value is -1.12. The Morgan fingerprint density at radius 2 is 1.86 bits per heavy atom. The van der Waals surface area contributed by atoms with Gasteiger partial charge in [-0.25, -0.2) is 21.6 Å². The molecule has 8 heteroatoms. The number of sulfonamides is 1. The fourth-order valence-electron chi connectivity index (χ4n) is 2.53. The molecule has 0 radical (unpaired) electrons. The lowest BCUT2D eigenvalue weighted by molar-refractivity contribution is 0.242. The van der Waals surface area contributed by atoms with Gasteiger partial charge >= 0.3 is 0 Å². The third-order valence-electron chi connectivity index (χ3n) is 3.73. The van der Waals surface area contributed by atoms with Gasteiger partial charge in [0.05, 0.1) is 0 Å². The highest BCUT2D eigenvalue weighted by molar-refractivity contribution is 7.89. The van der Waals surface area contributed by atoms with E-state index in [2.05, 4.69) is 0 Å². The van der Waals surface area contributed by atoms with Crippen molar-refractivity contribution >= 4 is 10.0 Å². The van der Waals surface area contributed by atoms with E-state index in [0.717, 1.165) is 10.7 Å². The smallest absolute Gasteiger partial charge is 0.248 e. The number of nitrogens with zero attached hydrogens (tertiary/aromatic N) is 1. The lowest BCUT2D eigenvalue weighted by Crippen LogP contribution is -2.45. The Labute approximate surface area is 121 Å². The molecule has 0 bridgehead atoms. The van der Waals surface area contributed by atoms with Crippen molar-refractivity contribution < 1.29 is 21.6 Å². The van der Waals surface area contributed by atoms with Crippen LogP contribution in [0.4, 0.5) is 13.2 Å². The fourth-order valence-corrected chi connectivity index (χ4v) is 4.15. The van der Waals surface area contributed by atoms with Crippen molar-refractivity contribution in [2.75, 3.05) is 13.1 Å². The second kappa shape index (κ2) is 5.94. The van der Waals surface area contributed by atoms with E-state index in [-0.39, 0.29) is 25.0 Å². The quantitative estimate of drug-likeness (QED) is 0.924. The van der Waals surface area contributed by atoms with Crippen LogP contribution in [0, 0.1) is 23.4 Å². The number of rotatable bonds is 3. The summed E-state index contributed by atoms with van der Waals surface area (Å²) in [6, 6.07) is 0.511. The molecule has 0 aliphatic carbocycles. The number of piperidine rings is 1. The molecule has 0 spiro atoms. The van der Waals surface area contributed by atoms with E-state index in [9.17, 15) is 21.6 Å². The molecule has 118 valence electrons. The average Bonchev–Trinajstić information content (AvgIpc) is 2.37. The lowest BCUT2D eigenvalue weighted by Gasteiger charge is -2.33. The van der Waals surface area contributed by atoms with Crippen molar-refractivity contribution in [1.82, 2.24) is 4.31 Å². The third-order valence-corrected chi connectivity index (χ3v) is 5.64. The maximum atomic E-state index is 13.7. The van der Waals surface area contributed by atoms with Gasteiger partial charge in [-0.1, -0.05) is 0 Å². The summed E-state index contributed by atoms with van der Waals surface area (Å²) in [5.74, 6) is -4.07. The molecular formula is C13H17F3N2O2S. The molecule has 2 rings (SSSR count). The highest BCUT2D eigenvalue weighted by Gasteiger charge is 2.35. The summed E-state index contributed by atoms with van der Waals surface area (Å²) in [4.78, 5) is -1.10. The summed E-state index contributed by atoms with van der Waals surface area (Å²) in [5, 5.41) is 0. The van der Waals surface area contributed by atoms with Gasteiger partial charge < -0.3 is 5.73 Å². The van der Waals surface area contributed by atoms with Crippen LogP contribution in [0.3, 0.4) is 0 Å². The van der Waals surface area contributed by atoms with Crippen LogP contribution in [0.2, 0.25) is 0 Å². The summed E-state index contributed by atoms with van der Waals surface area (Å²) in [6.45, 7) is 2.04. The molecule has 1 aliphatic heterocycles. The van der Waals surface area contributed by atoms with Crippen LogP contribution in [-0.2, 0) is 10.0 Å². The van der Waals surface area contributed by atoms with Crippen LogP contribution in [0.5, 0.6) is 0 Å².